The molecule has 1 atom stereocenters. The fourth-order valence-electron chi connectivity index (χ4n) is 3.93. The van der Waals surface area contributed by atoms with Gasteiger partial charge in [0.25, 0.3) is 0 Å². The average molecular weight is 407 g/mol. The topological polar surface area (TPSA) is 79.0 Å². The van der Waals surface area contributed by atoms with Gasteiger partial charge in [-0.2, -0.15) is 0 Å². The van der Waals surface area contributed by atoms with Gasteiger partial charge in [0.1, 0.15) is 18.4 Å². The lowest BCUT2D eigenvalue weighted by molar-refractivity contribution is -0.132. The first kappa shape index (κ1) is 19.9. The number of fused-ring (bicyclic) bond motifs is 2. The van der Waals surface area contributed by atoms with E-state index in [1.165, 1.54) is 4.90 Å². The standard InChI is InChI=1S/C23H25N3O4/c1-15-11-17-12-16(7-8-20(17)30-15)13-25(2)22(28)9-10-23(29)26-14-21(27)24-18-5-3-4-6-19(18)26/h3-8,12,15H,9-11,13-14H2,1-2H3,(H,24,27)/t15-/m0/s1. The van der Waals surface area contributed by atoms with Crippen molar-refractivity contribution in [3.63, 3.8) is 0 Å². The second-order valence-corrected chi connectivity index (χ2v) is 7.87. The van der Waals surface area contributed by atoms with Gasteiger partial charge in [-0.25, -0.2) is 0 Å². The van der Waals surface area contributed by atoms with Gasteiger partial charge in [-0.1, -0.05) is 24.3 Å². The SMILES string of the molecule is C[C@H]1Cc2cc(CN(C)C(=O)CCC(=O)N3CC(=O)Nc4ccccc43)ccc2O1. The molecule has 0 unspecified atom stereocenters. The van der Waals surface area contributed by atoms with Crippen molar-refractivity contribution in [3.8, 4) is 5.75 Å². The van der Waals surface area contributed by atoms with Gasteiger partial charge in [0.15, 0.2) is 0 Å². The molecule has 0 fully saturated rings. The summed E-state index contributed by atoms with van der Waals surface area (Å²) >= 11 is 0. The highest BCUT2D eigenvalue weighted by Crippen LogP contribution is 2.30. The molecule has 0 saturated carbocycles. The molecule has 3 amide bonds. The van der Waals surface area contributed by atoms with Crippen molar-refractivity contribution in [1.29, 1.82) is 0 Å². The predicted octanol–water partition coefficient (Wildman–Crippen LogP) is 2.73. The van der Waals surface area contributed by atoms with Crippen LogP contribution in [0.15, 0.2) is 42.5 Å². The number of hydrogen-bond donors (Lipinski definition) is 1. The number of nitrogens with one attached hydrogen (secondary N) is 1. The molecule has 7 heteroatoms. The van der Waals surface area contributed by atoms with Gasteiger partial charge in [-0.15, -0.1) is 0 Å². The summed E-state index contributed by atoms with van der Waals surface area (Å²) in [5, 5.41) is 2.76. The molecule has 0 aromatic heterocycles. The number of amides is 3. The molecule has 7 nitrogen and oxygen atoms in total. The van der Waals surface area contributed by atoms with Crippen LogP contribution in [0.5, 0.6) is 5.75 Å². The predicted molar refractivity (Wildman–Crippen MR) is 113 cm³/mol. The summed E-state index contributed by atoms with van der Waals surface area (Å²) in [5.41, 5.74) is 3.48. The van der Waals surface area contributed by atoms with Gasteiger partial charge in [-0.3, -0.25) is 14.4 Å². The summed E-state index contributed by atoms with van der Waals surface area (Å²) in [6.45, 7) is 2.48. The minimum atomic E-state index is -0.236. The van der Waals surface area contributed by atoms with E-state index in [1.54, 1.807) is 30.1 Å². The normalized spacial score (nSPS) is 16.9. The summed E-state index contributed by atoms with van der Waals surface area (Å²) < 4.78 is 5.72. The Morgan fingerprint density at radius 3 is 2.83 bits per heavy atom. The lowest BCUT2D eigenvalue weighted by Gasteiger charge is -2.29. The van der Waals surface area contributed by atoms with Crippen LogP contribution in [-0.2, 0) is 27.3 Å². The van der Waals surface area contributed by atoms with E-state index in [2.05, 4.69) is 11.4 Å². The molecule has 156 valence electrons. The van der Waals surface area contributed by atoms with Gasteiger partial charge in [-0.05, 0) is 36.2 Å². The van der Waals surface area contributed by atoms with E-state index < -0.39 is 0 Å². The van der Waals surface area contributed by atoms with Gasteiger partial charge in [0.2, 0.25) is 17.7 Å². The summed E-state index contributed by atoms with van der Waals surface area (Å²) in [4.78, 5) is 40.3. The van der Waals surface area contributed by atoms with Crippen molar-refractivity contribution in [2.45, 2.75) is 38.8 Å². The van der Waals surface area contributed by atoms with Crippen molar-refractivity contribution in [1.82, 2.24) is 4.90 Å². The van der Waals surface area contributed by atoms with Crippen LogP contribution in [0.3, 0.4) is 0 Å². The van der Waals surface area contributed by atoms with Crippen LogP contribution in [0, 0.1) is 0 Å². The maximum Gasteiger partial charge on any atom is 0.244 e. The molecule has 2 aromatic rings. The Morgan fingerprint density at radius 1 is 1.20 bits per heavy atom. The first-order valence-corrected chi connectivity index (χ1v) is 10.1. The van der Waals surface area contributed by atoms with E-state index in [9.17, 15) is 14.4 Å². The van der Waals surface area contributed by atoms with Crippen molar-refractivity contribution < 1.29 is 19.1 Å². The Bertz CT molecular complexity index is 1000. The number of para-hydroxylation sites is 2. The number of hydrogen-bond acceptors (Lipinski definition) is 4. The molecule has 4 rings (SSSR count). The highest BCUT2D eigenvalue weighted by atomic mass is 16.5. The van der Waals surface area contributed by atoms with Crippen molar-refractivity contribution >= 4 is 29.1 Å². The first-order chi connectivity index (χ1) is 14.4. The summed E-state index contributed by atoms with van der Waals surface area (Å²) in [6, 6.07) is 13.2. The molecule has 0 radical (unpaired) electrons. The first-order valence-electron chi connectivity index (χ1n) is 10.1. The molecule has 0 aliphatic carbocycles. The molecule has 0 spiro atoms. The van der Waals surface area contributed by atoms with Crippen LogP contribution in [0.2, 0.25) is 0 Å². The van der Waals surface area contributed by atoms with E-state index in [1.807, 2.05) is 25.1 Å². The van der Waals surface area contributed by atoms with Crippen molar-refractivity contribution in [3.05, 3.63) is 53.6 Å². The number of carbonyl (C=O) groups is 3. The molecule has 1 N–H and O–H groups in total. The Labute approximate surface area is 175 Å². The average Bonchev–Trinajstić information content (AvgIpc) is 3.10. The Hall–Kier alpha value is -3.35. The third kappa shape index (κ3) is 4.15. The summed E-state index contributed by atoms with van der Waals surface area (Å²) in [5.74, 6) is 0.336. The van der Waals surface area contributed by atoms with E-state index in [4.69, 9.17) is 4.74 Å². The van der Waals surface area contributed by atoms with Crippen molar-refractivity contribution in [2.75, 3.05) is 23.8 Å². The lowest BCUT2D eigenvalue weighted by Crippen LogP contribution is -2.42. The fourth-order valence-corrected chi connectivity index (χ4v) is 3.93. The molecule has 0 saturated heterocycles. The monoisotopic (exact) mass is 407 g/mol. The molecule has 2 aliphatic heterocycles. The molecule has 2 aromatic carbocycles. The van der Waals surface area contributed by atoms with Crippen LogP contribution in [0.25, 0.3) is 0 Å². The number of ether oxygens (including phenoxy) is 1. The van der Waals surface area contributed by atoms with Gasteiger partial charge in [0, 0.05) is 32.9 Å². The third-order valence-corrected chi connectivity index (χ3v) is 5.43. The van der Waals surface area contributed by atoms with Crippen LogP contribution in [0.4, 0.5) is 11.4 Å². The molecule has 30 heavy (non-hydrogen) atoms. The molecule has 2 heterocycles. The van der Waals surface area contributed by atoms with Crippen LogP contribution >= 0.6 is 0 Å². The van der Waals surface area contributed by atoms with Crippen molar-refractivity contribution in [2.24, 2.45) is 0 Å². The number of carbonyl (C=O) groups excluding carboxylic acids is 3. The largest absolute Gasteiger partial charge is 0.490 e. The fraction of sp³-hybridized carbons (Fsp3) is 0.348. The maximum absolute atomic E-state index is 12.7. The second-order valence-electron chi connectivity index (χ2n) is 7.87. The zero-order chi connectivity index (χ0) is 21.3. The minimum absolute atomic E-state index is 0.0322. The Balaban J connectivity index is 1.34. The second kappa shape index (κ2) is 8.18. The van der Waals surface area contributed by atoms with Crippen LogP contribution in [0.1, 0.15) is 30.9 Å². The number of benzene rings is 2. The number of anilines is 2. The third-order valence-electron chi connectivity index (χ3n) is 5.43. The maximum atomic E-state index is 12.7. The zero-order valence-corrected chi connectivity index (χ0v) is 17.2. The quantitative estimate of drug-likeness (QED) is 0.827. The van der Waals surface area contributed by atoms with Gasteiger partial charge in [0.05, 0.1) is 11.4 Å². The molecule has 0 bridgehead atoms. The Kier molecular flexibility index (Phi) is 5.44. The summed E-state index contributed by atoms with van der Waals surface area (Å²) in [6.07, 6.45) is 1.21. The summed E-state index contributed by atoms with van der Waals surface area (Å²) in [7, 11) is 1.74. The Morgan fingerprint density at radius 2 is 2.00 bits per heavy atom. The highest BCUT2D eigenvalue weighted by Gasteiger charge is 2.27. The van der Waals surface area contributed by atoms with E-state index in [0.717, 1.165) is 23.3 Å². The van der Waals surface area contributed by atoms with Crippen LogP contribution < -0.4 is 15.0 Å². The number of nitrogens with zero attached hydrogens (tertiary/aromatic N) is 2. The molecular formula is C23H25N3O4. The van der Waals surface area contributed by atoms with E-state index in [0.29, 0.717) is 17.9 Å². The van der Waals surface area contributed by atoms with E-state index in [-0.39, 0.29) is 43.2 Å². The molecular weight excluding hydrogens is 382 g/mol. The van der Waals surface area contributed by atoms with E-state index >= 15 is 0 Å². The lowest BCUT2D eigenvalue weighted by atomic mass is 10.1. The van der Waals surface area contributed by atoms with Gasteiger partial charge < -0.3 is 19.9 Å². The number of rotatable bonds is 5. The zero-order valence-electron chi connectivity index (χ0n) is 17.2. The minimum Gasteiger partial charge on any atom is -0.490 e. The smallest absolute Gasteiger partial charge is 0.244 e. The highest BCUT2D eigenvalue weighted by molar-refractivity contribution is 6.10. The molecule has 2 aliphatic rings. The van der Waals surface area contributed by atoms with Gasteiger partial charge >= 0.3 is 0 Å². The van der Waals surface area contributed by atoms with Crippen LogP contribution in [-0.4, -0.2) is 42.3 Å².